The molecule has 5 rings (SSSR count). The van der Waals surface area contributed by atoms with Gasteiger partial charge in [-0.25, -0.2) is 19.3 Å². The highest BCUT2D eigenvalue weighted by molar-refractivity contribution is 5.83. The van der Waals surface area contributed by atoms with Gasteiger partial charge in [0.15, 0.2) is 5.82 Å². The van der Waals surface area contributed by atoms with Crippen LogP contribution in [-0.2, 0) is 20.8 Å². The standard InChI is InChI=1S/C27H25FN8O3/c1-27(25(37)31-13-10-29)15-38-24(39-16-27)23-35-21(17-5-7-18(28)8-6-17)22(36-23)20-9-12-32-26(34-20)33-14-19-4-2-3-11-30-19/h2-9,11-12,24H,13-16H2,1H3,(H,31,37)(H,35,36)(H,32,33,34). The van der Waals surface area contributed by atoms with Crippen molar-refractivity contribution in [1.82, 2.24) is 30.2 Å². The normalized spacial score (nSPS) is 18.7. The lowest BCUT2D eigenvalue weighted by molar-refractivity contribution is -0.230. The summed E-state index contributed by atoms with van der Waals surface area (Å²) < 4.78 is 25.4. The van der Waals surface area contributed by atoms with E-state index < -0.39 is 11.7 Å². The Hall–Kier alpha value is -4.73. The zero-order valence-corrected chi connectivity index (χ0v) is 21.0. The van der Waals surface area contributed by atoms with Gasteiger partial charge in [-0.2, -0.15) is 5.26 Å². The van der Waals surface area contributed by atoms with Crippen molar-refractivity contribution in [2.75, 3.05) is 25.1 Å². The Labute approximate surface area is 223 Å². The van der Waals surface area contributed by atoms with Gasteiger partial charge in [-0.3, -0.25) is 9.78 Å². The zero-order valence-electron chi connectivity index (χ0n) is 21.0. The SMILES string of the molecule is CC1(C(=O)NCC#N)COC(c2nc(-c3ccc(F)cc3)c(-c3ccnc(NCc4ccccn4)n3)[nH]2)OC1. The van der Waals surface area contributed by atoms with Gasteiger partial charge in [0.25, 0.3) is 0 Å². The maximum absolute atomic E-state index is 13.7. The lowest BCUT2D eigenvalue weighted by Gasteiger charge is -2.35. The third kappa shape index (κ3) is 5.90. The number of hydrogen-bond donors (Lipinski definition) is 3. The summed E-state index contributed by atoms with van der Waals surface area (Å²) in [6.07, 6.45) is 2.46. The molecular weight excluding hydrogens is 503 g/mol. The van der Waals surface area contributed by atoms with E-state index >= 15 is 0 Å². The number of nitrogens with zero attached hydrogens (tertiary/aromatic N) is 5. The fraction of sp³-hybridized carbons (Fsp3) is 0.259. The van der Waals surface area contributed by atoms with Crippen LogP contribution in [0.3, 0.4) is 0 Å². The van der Waals surface area contributed by atoms with Crippen LogP contribution in [-0.4, -0.2) is 50.6 Å². The number of benzene rings is 1. The number of aromatic amines is 1. The number of anilines is 1. The number of hydrogen-bond acceptors (Lipinski definition) is 9. The molecule has 198 valence electrons. The van der Waals surface area contributed by atoms with E-state index in [1.54, 1.807) is 37.5 Å². The van der Waals surface area contributed by atoms with Gasteiger partial charge in [-0.05, 0) is 49.4 Å². The third-order valence-corrected chi connectivity index (χ3v) is 6.11. The van der Waals surface area contributed by atoms with E-state index in [-0.39, 0.29) is 31.5 Å². The predicted octanol–water partition coefficient (Wildman–Crippen LogP) is 3.37. The number of amides is 1. The van der Waals surface area contributed by atoms with Gasteiger partial charge in [0.05, 0.1) is 54.0 Å². The van der Waals surface area contributed by atoms with Gasteiger partial charge < -0.3 is 25.1 Å². The van der Waals surface area contributed by atoms with Crippen molar-refractivity contribution in [3.8, 4) is 28.7 Å². The second kappa shape index (κ2) is 11.3. The van der Waals surface area contributed by atoms with Crippen LogP contribution in [0.4, 0.5) is 10.3 Å². The lowest BCUT2D eigenvalue weighted by Crippen LogP contribution is -2.48. The number of carbonyl (C=O) groups excluding carboxylic acids is 1. The van der Waals surface area contributed by atoms with Gasteiger partial charge in [0.2, 0.25) is 18.1 Å². The molecule has 0 bridgehead atoms. The zero-order chi connectivity index (χ0) is 27.2. The molecule has 4 heterocycles. The maximum Gasteiger partial charge on any atom is 0.231 e. The summed E-state index contributed by atoms with van der Waals surface area (Å²) in [4.78, 5) is 33.6. The molecule has 1 saturated heterocycles. The molecule has 39 heavy (non-hydrogen) atoms. The molecule has 0 spiro atoms. The minimum absolute atomic E-state index is 0.0614. The second-order valence-electron chi connectivity index (χ2n) is 9.15. The van der Waals surface area contributed by atoms with Crippen LogP contribution < -0.4 is 10.6 Å². The number of aromatic nitrogens is 5. The average Bonchev–Trinajstić information content (AvgIpc) is 3.42. The van der Waals surface area contributed by atoms with E-state index in [1.165, 1.54) is 12.1 Å². The second-order valence-corrected chi connectivity index (χ2v) is 9.15. The summed E-state index contributed by atoms with van der Waals surface area (Å²) in [6, 6.07) is 15.2. The van der Waals surface area contributed by atoms with Crippen LogP contribution in [0.2, 0.25) is 0 Å². The number of carbonyl (C=O) groups is 1. The molecule has 0 saturated carbocycles. The van der Waals surface area contributed by atoms with Crippen LogP contribution in [0.25, 0.3) is 22.6 Å². The molecule has 1 aliphatic heterocycles. The monoisotopic (exact) mass is 528 g/mol. The van der Waals surface area contributed by atoms with E-state index in [0.717, 1.165) is 5.69 Å². The van der Waals surface area contributed by atoms with Gasteiger partial charge in [0.1, 0.15) is 12.4 Å². The molecule has 3 N–H and O–H groups in total. The lowest BCUT2D eigenvalue weighted by atomic mass is 9.91. The van der Waals surface area contributed by atoms with Crippen molar-refractivity contribution in [2.24, 2.45) is 5.41 Å². The van der Waals surface area contributed by atoms with E-state index in [9.17, 15) is 9.18 Å². The number of nitrogens with one attached hydrogen (secondary N) is 3. The molecule has 1 fully saturated rings. The number of imidazole rings is 1. The summed E-state index contributed by atoms with van der Waals surface area (Å²) in [5, 5.41) is 14.5. The van der Waals surface area contributed by atoms with Gasteiger partial charge in [0, 0.05) is 18.0 Å². The number of H-pyrrole nitrogens is 1. The Kier molecular flexibility index (Phi) is 7.53. The molecule has 11 nitrogen and oxygen atoms in total. The minimum Gasteiger partial charge on any atom is -0.349 e. The topological polar surface area (TPSA) is 151 Å². The summed E-state index contributed by atoms with van der Waals surface area (Å²) >= 11 is 0. The third-order valence-electron chi connectivity index (χ3n) is 6.11. The average molecular weight is 529 g/mol. The first-order valence-corrected chi connectivity index (χ1v) is 12.2. The van der Waals surface area contributed by atoms with E-state index in [4.69, 9.17) is 19.7 Å². The van der Waals surface area contributed by atoms with Crippen molar-refractivity contribution >= 4 is 11.9 Å². The van der Waals surface area contributed by atoms with Crippen LogP contribution in [0.5, 0.6) is 0 Å². The molecule has 1 amide bonds. The molecule has 1 aromatic carbocycles. The van der Waals surface area contributed by atoms with E-state index in [0.29, 0.717) is 41.0 Å². The van der Waals surface area contributed by atoms with Crippen molar-refractivity contribution in [3.05, 3.63) is 78.3 Å². The van der Waals surface area contributed by atoms with Crippen LogP contribution in [0, 0.1) is 22.6 Å². The minimum atomic E-state index is -0.955. The largest absolute Gasteiger partial charge is 0.349 e. The molecular formula is C27H25FN8O3. The Balaban J connectivity index is 1.41. The Bertz CT molecular complexity index is 1480. The van der Waals surface area contributed by atoms with Gasteiger partial charge in [-0.15, -0.1) is 0 Å². The van der Waals surface area contributed by atoms with Crippen molar-refractivity contribution in [1.29, 1.82) is 5.26 Å². The fourth-order valence-electron chi connectivity index (χ4n) is 3.99. The highest BCUT2D eigenvalue weighted by Gasteiger charge is 2.40. The predicted molar refractivity (Wildman–Crippen MR) is 138 cm³/mol. The molecule has 0 radical (unpaired) electrons. The first-order valence-electron chi connectivity index (χ1n) is 12.2. The molecule has 3 aromatic heterocycles. The summed E-state index contributed by atoms with van der Waals surface area (Å²) in [5.74, 6) is 0.0578. The Morgan fingerprint density at radius 1 is 1.13 bits per heavy atom. The highest BCUT2D eigenvalue weighted by atomic mass is 19.1. The number of ether oxygens (including phenoxy) is 2. The number of rotatable bonds is 8. The van der Waals surface area contributed by atoms with Crippen LogP contribution >= 0.6 is 0 Å². The molecule has 0 aliphatic carbocycles. The van der Waals surface area contributed by atoms with Crippen LogP contribution in [0.1, 0.15) is 24.7 Å². The first kappa shape index (κ1) is 25.9. The molecule has 0 unspecified atom stereocenters. The number of halogens is 1. The fourth-order valence-corrected chi connectivity index (χ4v) is 3.99. The summed E-state index contributed by atoms with van der Waals surface area (Å²) in [5.41, 5.74) is 2.17. The maximum atomic E-state index is 13.7. The van der Waals surface area contributed by atoms with E-state index in [1.807, 2.05) is 24.3 Å². The first-order chi connectivity index (χ1) is 18.9. The number of nitriles is 1. The molecule has 0 atom stereocenters. The summed E-state index contributed by atoms with van der Waals surface area (Å²) in [6.45, 7) is 2.16. The number of pyridine rings is 1. The van der Waals surface area contributed by atoms with Crippen molar-refractivity contribution in [2.45, 2.75) is 19.8 Å². The van der Waals surface area contributed by atoms with Crippen molar-refractivity contribution < 1.29 is 18.7 Å². The van der Waals surface area contributed by atoms with Crippen molar-refractivity contribution in [3.63, 3.8) is 0 Å². The molecule has 12 heteroatoms. The molecule has 1 aliphatic rings. The molecule has 4 aromatic rings. The highest BCUT2D eigenvalue weighted by Crippen LogP contribution is 2.35. The smallest absolute Gasteiger partial charge is 0.231 e. The quantitative estimate of drug-likeness (QED) is 0.292. The van der Waals surface area contributed by atoms with Crippen LogP contribution in [0.15, 0.2) is 60.9 Å². The Morgan fingerprint density at radius 3 is 2.64 bits per heavy atom. The van der Waals surface area contributed by atoms with Gasteiger partial charge in [-0.1, -0.05) is 6.07 Å². The summed E-state index contributed by atoms with van der Waals surface area (Å²) in [7, 11) is 0. The van der Waals surface area contributed by atoms with E-state index in [2.05, 4.69) is 30.6 Å². The Morgan fingerprint density at radius 2 is 1.92 bits per heavy atom. The van der Waals surface area contributed by atoms with Gasteiger partial charge >= 0.3 is 0 Å².